The molecule has 6 nitrogen and oxygen atoms in total. The maximum Gasteiger partial charge on any atom is 0.301 e. The first kappa shape index (κ1) is 23.2. The van der Waals surface area contributed by atoms with Crippen molar-refractivity contribution in [2.75, 3.05) is 4.90 Å². The quantitative estimate of drug-likeness (QED) is 0.166. The Morgan fingerprint density at radius 2 is 1.92 bits per heavy atom. The molecule has 0 radical (unpaired) electrons. The number of fused-ring (bicyclic) bond motifs is 2. The molecule has 4 aromatic rings. The van der Waals surface area contributed by atoms with Gasteiger partial charge in [0.15, 0.2) is 5.13 Å². The minimum absolute atomic E-state index is 0.0199. The molecule has 1 saturated heterocycles. The Kier molecular flexibility index (Phi) is 5.63. The predicted octanol–water partition coefficient (Wildman–Crippen LogP) is 6.66. The van der Waals surface area contributed by atoms with Crippen molar-refractivity contribution in [3.8, 4) is 5.75 Å². The molecule has 2 atom stereocenters. The van der Waals surface area contributed by atoms with Crippen LogP contribution in [-0.2, 0) is 16.0 Å². The van der Waals surface area contributed by atoms with Crippen LogP contribution in [0.1, 0.15) is 29.7 Å². The van der Waals surface area contributed by atoms with E-state index in [1.807, 2.05) is 37.3 Å². The van der Waals surface area contributed by atoms with E-state index in [1.165, 1.54) is 16.2 Å². The number of hydrogen-bond donors (Lipinski definition) is 1. The Labute approximate surface area is 223 Å². The van der Waals surface area contributed by atoms with Crippen molar-refractivity contribution in [3.05, 3.63) is 92.4 Å². The lowest BCUT2D eigenvalue weighted by Gasteiger charge is -2.23. The second-order valence-electron chi connectivity index (χ2n) is 8.78. The van der Waals surface area contributed by atoms with Crippen LogP contribution in [0, 0.1) is 0 Å². The molecule has 1 fully saturated rings. The molecule has 1 N–H and O–H groups in total. The summed E-state index contributed by atoms with van der Waals surface area (Å²) in [5, 5.41) is 12.3. The molecule has 2 aliphatic heterocycles. The Balaban J connectivity index is 1.53. The number of halogens is 2. The maximum absolute atomic E-state index is 13.4. The molecule has 36 heavy (non-hydrogen) atoms. The zero-order valence-electron chi connectivity index (χ0n) is 18.9. The number of hydrogen-bond acceptors (Lipinski definition) is 6. The van der Waals surface area contributed by atoms with Crippen molar-refractivity contribution in [1.82, 2.24) is 4.98 Å². The fraction of sp³-hybridized carbons (Fsp3) is 0.148. The Bertz CT molecular complexity index is 1600. The van der Waals surface area contributed by atoms with Crippen LogP contribution in [0.15, 0.2) is 70.7 Å². The topological polar surface area (TPSA) is 79.7 Å². The lowest BCUT2D eigenvalue weighted by Crippen LogP contribution is -2.29. The van der Waals surface area contributed by atoms with Crippen molar-refractivity contribution in [3.63, 3.8) is 0 Å². The molecule has 2 aliphatic rings. The number of aliphatic hydroxyl groups is 1. The summed E-state index contributed by atoms with van der Waals surface area (Å²) in [5.74, 6) is -0.970. The van der Waals surface area contributed by atoms with Gasteiger partial charge in [-0.3, -0.25) is 14.5 Å². The summed E-state index contributed by atoms with van der Waals surface area (Å²) in [4.78, 5) is 32.8. The number of benzene rings is 3. The summed E-state index contributed by atoms with van der Waals surface area (Å²) in [6.45, 7) is 1.98. The summed E-state index contributed by atoms with van der Waals surface area (Å²) in [5.41, 5.74) is 2.77. The number of ether oxygens (including phenoxy) is 1. The van der Waals surface area contributed by atoms with Gasteiger partial charge >= 0.3 is 5.91 Å². The van der Waals surface area contributed by atoms with Gasteiger partial charge in [0.25, 0.3) is 5.78 Å². The van der Waals surface area contributed by atoms with Crippen LogP contribution in [0.5, 0.6) is 5.75 Å². The Morgan fingerprint density at radius 3 is 2.69 bits per heavy atom. The second-order valence-corrected chi connectivity index (χ2v) is 11.1. The van der Waals surface area contributed by atoms with Crippen LogP contribution < -0.4 is 9.64 Å². The molecule has 0 bridgehead atoms. The van der Waals surface area contributed by atoms with E-state index in [4.69, 9.17) is 16.3 Å². The first-order valence-electron chi connectivity index (χ1n) is 11.2. The van der Waals surface area contributed by atoms with Crippen LogP contribution in [0.4, 0.5) is 5.13 Å². The molecule has 0 aliphatic carbocycles. The van der Waals surface area contributed by atoms with Crippen molar-refractivity contribution in [1.29, 1.82) is 0 Å². The normalized spacial score (nSPS) is 20.7. The zero-order chi connectivity index (χ0) is 25.1. The van der Waals surface area contributed by atoms with E-state index in [2.05, 4.69) is 20.9 Å². The highest BCUT2D eigenvalue weighted by atomic mass is 79.9. The summed E-state index contributed by atoms with van der Waals surface area (Å²) in [7, 11) is 0. The highest BCUT2D eigenvalue weighted by Gasteiger charge is 2.48. The summed E-state index contributed by atoms with van der Waals surface area (Å²) in [6.07, 6.45) is 0.744. The van der Waals surface area contributed by atoms with Gasteiger partial charge in [-0.25, -0.2) is 4.98 Å². The number of aromatic nitrogens is 1. The van der Waals surface area contributed by atoms with Crippen LogP contribution in [0.25, 0.3) is 16.0 Å². The molecule has 1 amide bonds. The largest absolute Gasteiger partial charge is 0.507 e. The number of carbonyl (C=O) groups is 2. The second kappa shape index (κ2) is 8.73. The molecule has 0 spiro atoms. The van der Waals surface area contributed by atoms with Gasteiger partial charge in [0.2, 0.25) is 0 Å². The van der Waals surface area contributed by atoms with Gasteiger partial charge in [0.05, 0.1) is 21.8 Å². The van der Waals surface area contributed by atoms with Crippen molar-refractivity contribution < 1.29 is 19.4 Å². The van der Waals surface area contributed by atoms with Gasteiger partial charge in [0.1, 0.15) is 17.6 Å². The number of carbonyl (C=O) groups excluding carboxylic acids is 2. The van der Waals surface area contributed by atoms with Gasteiger partial charge in [-0.1, -0.05) is 51.0 Å². The monoisotopic (exact) mass is 580 g/mol. The van der Waals surface area contributed by atoms with Gasteiger partial charge in [-0.05, 0) is 66.6 Å². The third-order valence-electron chi connectivity index (χ3n) is 6.34. The molecule has 9 heteroatoms. The number of aliphatic hydroxyl groups excluding tert-OH is 1. The van der Waals surface area contributed by atoms with Crippen LogP contribution in [0.3, 0.4) is 0 Å². The van der Waals surface area contributed by atoms with E-state index in [1.54, 1.807) is 30.3 Å². The number of ketones is 1. The first-order valence-corrected chi connectivity index (χ1v) is 13.2. The lowest BCUT2D eigenvalue weighted by atomic mass is 9.94. The molecule has 1 aromatic heterocycles. The van der Waals surface area contributed by atoms with Crippen molar-refractivity contribution in [2.45, 2.75) is 25.5 Å². The van der Waals surface area contributed by atoms with Crippen LogP contribution >= 0.6 is 38.9 Å². The van der Waals surface area contributed by atoms with Crippen LogP contribution in [0.2, 0.25) is 5.02 Å². The highest BCUT2D eigenvalue weighted by Crippen LogP contribution is 2.45. The number of rotatable bonds is 3. The van der Waals surface area contributed by atoms with Gasteiger partial charge in [-0.15, -0.1) is 0 Å². The molecule has 3 aromatic carbocycles. The first-order chi connectivity index (χ1) is 17.3. The van der Waals surface area contributed by atoms with E-state index in [0.29, 0.717) is 33.2 Å². The van der Waals surface area contributed by atoms with E-state index in [-0.39, 0.29) is 17.4 Å². The molecular formula is C27H18BrClN2O4S. The molecular weight excluding hydrogens is 564 g/mol. The van der Waals surface area contributed by atoms with Crippen LogP contribution in [-0.4, -0.2) is 27.9 Å². The molecule has 3 heterocycles. The third-order valence-corrected chi connectivity index (χ3v) is 8.13. The lowest BCUT2D eigenvalue weighted by molar-refractivity contribution is -0.132. The predicted molar refractivity (Wildman–Crippen MR) is 144 cm³/mol. The number of anilines is 1. The van der Waals surface area contributed by atoms with E-state index in [9.17, 15) is 14.7 Å². The Morgan fingerprint density at radius 1 is 1.14 bits per heavy atom. The maximum atomic E-state index is 13.4. The van der Waals surface area contributed by atoms with E-state index in [0.717, 1.165) is 20.5 Å². The number of nitrogens with zero attached hydrogens (tertiary/aromatic N) is 2. The number of Topliss-reactive ketones (excluding diaryl/α,β-unsaturated/α-hetero) is 1. The number of thiazole rings is 1. The minimum Gasteiger partial charge on any atom is -0.507 e. The average Bonchev–Trinajstić information content (AvgIpc) is 3.51. The number of amides is 1. The average molecular weight is 582 g/mol. The molecule has 0 saturated carbocycles. The standard InChI is InChI=1S/C27H18BrClN2O4S/c1-13-10-16-11-15(4-9-20(16)35-13)24(32)22-23(14-2-5-17(28)6-3-14)31(26(34)25(22)33)27-30-19-8-7-18(29)12-21(19)36-27/h2-9,11-13,23,32H,10H2,1H3/b24-22-. The fourth-order valence-electron chi connectivity index (χ4n) is 4.70. The Hall–Kier alpha value is -3.20. The fourth-order valence-corrected chi connectivity index (χ4v) is 6.24. The third kappa shape index (κ3) is 3.80. The zero-order valence-corrected chi connectivity index (χ0v) is 22.0. The molecule has 6 rings (SSSR count). The summed E-state index contributed by atoms with van der Waals surface area (Å²) in [6, 6.07) is 17.1. The summed E-state index contributed by atoms with van der Waals surface area (Å²) >= 11 is 10.9. The smallest absolute Gasteiger partial charge is 0.301 e. The van der Waals surface area contributed by atoms with Gasteiger partial charge < -0.3 is 9.84 Å². The van der Waals surface area contributed by atoms with E-state index < -0.39 is 17.7 Å². The summed E-state index contributed by atoms with van der Waals surface area (Å²) < 4.78 is 7.42. The van der Waals surface area contributed by atoms with Crippen molar-refractivity contribution >= 4 is 71.7 Å². The SMILES string of the molecule is CC1Cc2cc(/C(O)=C3/C(=O)C(=O)N(c4nc5ccc(Cl)cc5s4)C3c3ccc(Br)cc3)ccc2O1. The molecule has 180 valence electrons. The van der Waals surface area contributed by atoms with Crippen molar-refractivity contribution in [2.24, 2.45) is 0 Å². The van der Waals surface area contributed by atoms with Gasteiger partial charge in [-0.2, -0.15) is 0 Å². The minimum atomic E-state index is -0.849. The molecule has 2 unspecified atom stereocenters. The highest BCUT2D eigenvalue weighted by molar-refractivity contribution is 9.10. The van der Waals surface area contributed by atoms with E-state index >= 15 is 0 Å². The van der Waals surface area contributed by atoms with Gasteiger partial charge in [0, 0.05) is 21.5 Å².